The van der Waals surface area contributed by atoms with E-state index in [0.717, 1.165) is 28.4 Å². The Labute approximate surface area is 133 Å². The van der Waals surface area contributed by atoms with Crippen molar-refractivity contribution in [1.82, 2.24) is 0 Å². The van der Waals surface area contributed by atoms with Crippen LogP contribution in [0.15, 0.2) is 40.9 Å². The first-order valence-electron chi connectivity index (χ1n) is 6.80. The van der Waals surface area contributed by atoms with Crippen molar-refractivity contribution in [2.45, 2.75) is 32.8 Å². The molecular weight excluding hydrogens is 336 g/mol. The molecule has 0 aliphatic heterocycles. The minimum absolute atomic E-state index is 0.623. The molecule has 0 aliphatic rings. The number of rotatable bonds is 4. The summed E-state index contributed by atoms with van der Waals surface area (Å²) in [7, 11) is 0. The van der Waals surface area contributed by atoms with Gasteiger partial charge in [-0.15, -0.1) is 0 Å². The Morgan fingerprint density at radius 2 is 1.85 bits per heavy atom. The van der Waals surface area contributed by atoms with Crippen molar-refractivity contribution >= 4 is 27.5 Å². The number of hydrogen-bond donors (Lipinski definition) is 1. The molecule has 3 heteroatoms. The van der Waals surface area contributed by atoms with Crippen molar-refractivity contribution in [2.75, 3.05) is 0 Å². The molecule has 0 fully saturated rings. The molecule has 0 saturated heterocycles. The number of aliphatic hydroxyl groups excluding tert-OH is 1. The first-order valence-corrected chi connectivity index (χ1v) is 7.98. The van der Waals surface area contributed by atoms with Gasteiger partial charge in [0.2, 0.25) is 0 Å². The lowest BCUT2D eigenvalue weighted by Crippen LogP contribution is -2.04. The van der Waals surface area contributed by atoms with E-state index in [2.05, 4.69) is 48.0 Å². The van der Waals surface area contributed by atoms with Gasteiger partial charge in [-0.1, -0.05) is 59.6 Å². The fourth-order valence-electron chi connectivity index (χ4n) is 2.35. The van der Waals surface area contributed by atoms with Crippen LogP contribution in [-0.4, -0.2) is 5.11 Å². The maximum Gasteiger partial charge on any atom is 0.104 e. The lowest BCUT2D eigenvalue weighted by atomic mass is 9.93. The average molecular weight is 354 g/mol. The molecule has 106 valence electrons. The molecule has 0 heterocycles. The summed E-state index contributed by atoms with van der Waals surface area (Å²) in [6.45, 7) is 4.22. The standard InChI is InChI=1S/C17H18BrClO/c1-3-11-5-6-12(4-2)16(7-11)17(20)13-8-14(18)10-15(19)9-13/h5-10,17,20H,3-4H2,1-2H3. The zero-order valence-electron chi connectivity index (χ0n) is 11.7. The molecule has 0 radical (unpaired) electrons. The molecule has 1 nitrogen and oxygen atoms in total. The Hall–Kier alpha value is -0.830. The topological polar surface area (TPSA) is 20.2 Å². The average Bonchev–Trinajstić information content (AvgIpc) is 2.44. The number of aryl methyl sites for hydroxylation is 2. The van der Waals surface area contributed by atoms with E-state index in [1.807, 2.05) is 18.2 Å². The van der Waals surface area contributed by atoms with Gasteiger partial charge >= 0.3 is 0 Å². The number of hydrogen-bond acceptors (Lipinski definition) is 1. The SMILES string of the molecule is CCc1ccc(CC)c(C(O)c2cc(Cl)cc(Br)c2)c1. The summed E-state index contributed by atoms with van der Waals surface area (Å²) in [5.41, 5.74) is 4.19. The minimum Gasteiger partial charge on any atom is -0.384 e. The predicted octanol–water partition coefficient (Wildman–Crippen LogP) is 5.31. The van der Waals surface area contributed by atoms with Crippen LogP contribution in [0.5, 0.6) is 0 Å². The molecule has 2 aromatic carbocycles. The molecule has 2 aromatic rings. The molecule has 0 spiro atoms. The summed E-state index contributed by atoms with van der Waals surface area (Å²) in [5.74, 6) is 0. The van der Waals surface area contributed by atoms with Gasteiger partial charge in [0.05, 0.1) is 0 Å². The molecule has 20 heavy (non-hydrogen) atoms. The second-order valence-electron chi connectivity index (χ2n) is 4.85. The summed E-state index contributed by atoms with van der Waals surface area (Å²) in [4.78, 5) is 0. The third-order valence-corrected chi connectivity index (χ3v) is 4.17. The maximum atomic E-state index is 10.7. The monoisotopic (exact) mass is 352 g/mol. The Bertz CT molecular complexity index is 590. The molecule has 1 N–H and O–H groups in total. The van der Waals surface area contributed by atoms with Crippen molar-refractivity contribution in [3.63, 3.8) is 0 Å². The minimum atomic E-state index is -0.647. The van der Waals surface area contributed by atoms with E-state index in [4.69, 9.17) is 11.6 Å². The summed E-state index contributed by atoms with van der Waals surface area (Å²) >= 11 is 9.49. The zero-order valence-corrected chi connectivity index (χ0v) is 14.0. The van der Waals surface area contributed by atoms with Crippen LogP contribution in [0.25, 0.3) is 0 Å². The predicted molar refractivity (Wildman–Crippen MR) is 88.4 cm³/mol. The van der Waals surface area contributed by atoms with E-state index >= 15 is 0 Å². The van der Waals surface area contributed by atoms with Gasteiger partial charge in [0.15, 0.2) is 0 Å². The van der Waals surface area contributed by atoms with Gasteiger partial charge in [-0.2, -0.15) is 0 Å². The Morgan fingerprint density at radius 3 is 2.45 bits per heavy atom. The van der Waals surface area contributed by atoms with E-state index in [0.29, 0.717) is 5.02 Å². The van der Waals surface area contributed by atoms with Gasteiger partial charge in [0.25, 0.3) is 0 Å². The van der Waals surface area contributed by atoms with Gasteiger partial charge in [0.1, 0.15) is 6.10 Å². The van der Waals surface area contributed by atoms with Gasteiger partial charge in [-0.3, -0.25) is 0 Å². The number of benzene rings is 2. The maximum absolute atomic E-state index is 10.7. The van der Waals surface area contributed by atoms with E-state index in [-0.39, 0.29) is 0 Å². The van der Waals surface area contributed by atoms with Crippen molar-refractivity contribution in [2.24, 2.45) is 0 Å². The Kier molecular flexibility index (Phi) is 5.25. The van der Waals surface area contributed by atoms with Gasteiger partial charge in [0, 0.05) is 9.50 Å². The molecule has 2 rings (SSSR count). The van der Waals surface area contributed by atoms with Crippen LogP contribution in [0, 0.1) is 0 Å². The van der Waals surface area contributed by atoms with Crippen LogP contribution < -0.4 is 0 Å². The highest BCUT2D eigenvalue weighted by molar-refractivity contribution is 9.10. The van der Waals surface area contributed by atoms with Crippen molar-refractivity contribution in [3.05, 3.63) is 68.1 Å². The summed E-state index contributed by atoms with van der Waals surface area (Å²) in [6.07, 6.45) is 1.22. The normalized spacial score (nSPS) is 12.4. The molecule has 1 atom stereocenters. The number of aliphatic hydroxyl groups is 1. The molecule has 0 amide bonds. The van der Waals surface area contributed by atoms with Crippen LogP contribution in [0.4, 0.5) is 0 Å². The van der Waals surface area contributed by atoms with Crippen molar-refractivity contribution in [3.8, 4) is 0 Å². The summed E-state index contributed by atoms with van der Waals surface area (Å²) in [6, 6.07) is 11.9. The fraction of sp³-hybridized carbons (Fsp3) is 0.294. The van der Waals surface area contributed by atoms with Crippen LogP contribution in [0.1, 0.15) is 42.2 Å². The highest BCUT2D eigenvalue weighted by atomic mass is 79.9. The van der Waals surface area contributed by atoms with Gasteiger partial charge in [-0.25, -0.2) is 0 Å². The Balaban J connectivity index is 2.48. The van der Waals surface area contributed by atoms with E-state index in [1.54, 1.807) is 0 Å². The zero-order chi connectivity index (χ0) is 14.7. The van der Waals surface area contributed by atoms with E-state index < -0.39 is 6.10 Å². The largest absolute Gasteiger partial charge is 0.384 e. The molecule has 0 bridgehead atoms. The third-order valence-electron chi connectivity index (χ3n) is 3.49. The lowest BCUT2D eigenvalue weighted by molar-refractivity contribution is 0.219. The third kappa shape index (κ3) is 3.43. The van der Waals surface area contributed by atoms with Crippen molar-refractivity contribution < 1.29 is 5.11 Å². The quantitative estimate of drug-likeness (QED) is 0.790. The first-order chi connectivity index (χ1) is 9.55. The second-order valence-corrected chi connectivity index (χ2v) is 6.20. The van der Waals surface area contributed by atoms with Gasteiger partial charge in [-0.05, 0) is 53.3 Å². The van der Waals surface area contributed by atoms with Crippen molar-refractivity contribution in [1.29, 1.82) is 0 Å². The highest BCUT2D eigenvalue weighted by Crippen LogP contribution is 2.30. The van der Waals surface area contributed by atoms with E-state index in [1.165, 1.54) is 11.1 Å². The Morgan fingerprint density at radius 1 is 1.10 bits per heavy atom. The highest BCUT2D eigenvalue weighted by Gasteiger charge is 2.15. The van der Waals surface area contributed by atoms with Crippen LogP contribution in [0.2, 0.25) is 5.02 Å². The molecule has 1 unspecified atom stereocenters. The first kappa shape index (κ1) is 15.6. The second kappa shape index (κ2) is 6.75. The fourth-order valence-corrected chi connectivity index (χ4v) is 3.24. The lowest BCUT2D eigenvalue weighted by Gasteiger charge is -2.17. The summed E-state index contributed by atoms with van der Waals surface area (Å²) < 4.78 is 0.878. The van der Waals surface area contributed by atoms with Crippen LogP contribution >= 0.6 is 27.5 Å². The van der Waals surface area contributed by atoms with Crippen LogP contribution in [-0.2, 0) is 12.8 Å². The smallest absolute Gasteiger partial charge is 0.104 e. The molecular formula is C17H18BrClO. The number of halogens is 2. The summed E-state index contributed by atoms with van der Waals surface area (Å²) in [5, 5.41) is 11.3. The van der Waals surface area contributed by atoms with Crippen LogP contribution in [0.3, 0.4) is 0 Å². The van der Waals surface area contributed by atoms with E-state index in [9.17, 15) is 5.11 Å². The molecule has 0 aromatic heterocycles. The molecule has 0 aliphatic carbocycles. The van der Waals surface area contributed by atoms with Gasteiger partial charge < -0.3 is 5.11 Å². The molecule has 0 saturated carbocycles.